The summed E-state index contributed by atoms with van der Waals surface area (Å²) in [6.07, 6.45) is 1.51. The van der Waals surface area contributed by atoms with Crippen LogP contribution in [0.2, 0.25) is 0 Å². The zero-order valence-corrected chi connectivity index (χ0v) is 13.9. The van der Waals surface area contributed by atoms with Crippen LogP contribution < -0.4 is 5.32 Å². The van der Waals surface area contributed by atoms with E-state index in [4.69, 9.17) is 0 Å². The highest BCUT2D eigenvalue weighted by molar-refractivity contribution is 7.20. The first-order chi connectivity index (χ1) is 12.1. The summed E-state index contributed by atoms with van der Waals surface area (Å²) >= 11 is 1.26. The number of fused-ring (bicyclic) bond motifs is 1. The van der Waals surface area contributed by atoms with Gasteiger partial charge in [0.2, 0.25) is 0 Å². The molecule has 0 aliphatic carbocycles. The Balaban J connectivity index is 1.60. The van der Waals surface area contributed by atoms with Crippen molar-refractivity contribution in [3.05, 3.63) is 65.0 Å². The fourth-order valence-electron chi connectivity index (χ4n) is 2.59. The molecule has 0 radical (unpaired) electrons. The number of thiophene rings is 1. The van der Waals surface area contributed by atoms with E-state index in [1.165, 1.54) is 23.7 Å². The zero-order valence-electron chi connectivity index (χ0n) is 13.1. The Hall–Kier alpha value is -3.13. The molecule has 4 aromatic rings. The van der Waals surface area contributed by atoms with Gasteiger partial charge in [-0.05, 0) is 59.3 Å². The Kier molecular flexibility index (Phi) is 3.73. The number of benzene rings is 2. The number of nitrogens with one attached hydrogen (secondary N) is 1. The van der Waals surface area contributed by atoms with E-state index < -0.39 is 0 Å². The summed E-state index contributed by atoms with van der Waals surface area (Å²) in [5.74, 6) is -0.593. The van der Waals surface area contributed by atoms with Crippen LogP contribution in [-0.4, -0.2) is 26.1 Å². The lowest BCUT2D eigenvalue weighted by atomic mass is 10.1. The van der Waals surface area contributed by atoms with Gasteiger partial charge in [0.15, 0.2) is 0 Å². The SMILES string of the molecule is Cc1cc(NC(=O)c2cc3c(F)cccc3s2)ccc1-n1cnnn1. The Labute approximate surface area is 145 Å². The summed E-state index contributed by atoms with van der Waals surface area (Å²) in [6, 6.07) is 11.8. The van der Waals surface area contributed by atoms with Crippen molar-refractivity contribution in [2.75, 3.05) is 5.32 Å². The second-order valence-electron chi connectivity index (χ2n) is 5.47. The molecule has 1 N–H and O–H groups in total. The predicted octanol–water partition coefficient (Wildman–Crippen LogP) is 3.58. The number of rotatable bonds is 3. The van der Waals surface area contributed by atoms with Gasteiger partial charge in [-0.15, -0.1) is 16.4 Å². The Morgan fingerprint density at radius 3 is 2.84 bits per heavy atom. The number of hydrogen-bond acceptors (Lipinski definition) is 5. The molecular formula is C17H12FN5OS. The fraction of sp³-hybridized carbons (Fsp3) is 0.0588. The largest absolute Gasteiger partial charge is 0.321 e. The number of carbonyl (C=O) groups is 1. The van der Waals surface area contributed by atoms with E-state index in [9.17, 15) is 9.18 Å². The highest BCUT2D eigenvalue weighted by Crippen LogP contribution is 2.28. The number of hydrogen-bond donors (Lipinski definition) is 1. The number of aryl methyl sites for hydroxylation is 1. The molecule has 0 atom stereocenters. The molecular weight excluding hydrogens is 341 g/mol. The molecule has 1 amide bonds. The smallest absolute Gasteiger partial charge is 0.265 e. The highest BCUT2D eigenvalue weighted by Gasteiger charge is 2.13. The highest BCUT2D eigenvalue weighted by atomic mass is 32.1. The van der Waals surface area contributed by atoms with Gasteiger partial charge in [-0.1, -0.05) is 6.07 Å². The number of aromatic nitrogens is 4. The number of nitrogens with zero attached hydrogens (tertiary/aromatic N) is 4. The molecule has 8 heteroatoms. The van der Waals surface area contributed by atoms with Crippen molar-refractivity contribution in [1.82, 2.24) is 20.2 Å². The van der Waals surface area contributed by atoms with Gasteiger partial charge in [0, 0.05) is 15.8 Å². The minimum atomic E-state index is -0.325. The van der Waals surface area contributed by atoms with Crippen LogP contribution in [0.15, 0.2) is 48.8 Å². The van der Waals surface area contributed by atoms with Gasteiger partial charge in [-0.2, -0.15) is 0 Å². The Morgan fingerprint density at radius 2 is 2.12 bits per heavy atom. The molecule has 0 saturated carbocycles. The summed E-state index contributed by atoms with van der Waals surface area (Å²) in [7, 11) is 0. The average Bonchev–Trinajstić information content (AvgIpc) is 3.25. The monoisotopic (exact) mass is 353 g/mol. The van der Waals surface area contributed by atoms with Crippen LogP contribution in [0.25, 0.3) is 15.8 Å². The van der Waals surface area contributed by atoms with Crippen molar-refractivity contribution in [3.63, 3.8) is 0 Å². The Bertz CT molecular complexity index is 1070. The van der Waals surface area contributed by atoms with Crippen LogP contribution in [0, 0.1) is 12.7 Å². The second-order valence-corrected chi connectivity index (χ2v) is 6.56. The average molecular weight is 353 g/mol. The van der Waals surface area contributed by atoms with Gasteiger partial charge >= 0.3 is 0 Å². The maximum atomic E-state index is 13.8. The molecule has 25 heavy (non-hydrogen) atoms. The molecule has 0 aliphatic rings. The third kappa shape index (κ3) is 2.87. The fourth-order valence-corrected chi connectivity index (χ4v) is 3.56. The summed E-state index contributed by atoms with van der Waals surface area (Å²) in [5, 5.41) is 14.4. The second kappa shape index (κ2) is 6.06. The number of anilines is 1. The predicted molar refractivity (Wildman–Crippen MR) is 93.6 cm³/mol. The normalized spacial score (nSPS) is 11.0. The molecule has 4 rings (SSSR count). The van der Waals surface area contributed by atoms with Crippen LogP contribution in [-0.2, 0) is 0 Å². The molecule has 0 spiro atoms. The molecule has 2 aromatic carbocycles. The van der Waals surface area contributed by atoms with E-state index in [1.807, 2.05) is 19.1 Å². The number of amides is 1. The zero-order chi connectivity index (χ0) is 17.4. The van der Waals surface area contributed by atoms with Gasteiger partial charge in [0.25, 0.3) is 5.91 Å². The maximum Gasteiger partial charge on any atom is 0.265 e. The molecule has 6 nitrogen and oxygen atoms in total. The van der Waals surface area contributed by atoms with E-state index in [2.05, 4.69) is 20.8 Å². The van der Waals surface area contributed by atoms with E-state index in [1.54, 1.807) is 28.9 Å². The molecule has 0 bridgehead atoms. The minimum Gasteiger partial charge on any atom is -0.321 e. The summed E-state index contributed by atoms with van der Waals surface area (Å²) in [6.45, 7) is 1.90. The molecule has 0 aliphatic heterocycles. The van der Waals surface area contributed by atoms with Gasteiger partial charge < -0.3 is 5.32 Å². The number of tetrazole rings is 1. The molecule has 2 aromatic heterocycles. The molecule has 124 valence electrons. The molecule has 2 heterocycles. The van der Waals surface area contributed by atoms with Crippen LogP contribution in [0.3, 0.4) is 0 Å². The lowest BCUT2D eigenvalue weighted by molar-refractivity contribution is 0.103. The summed E-state index contributed by atoms with van der Waals surface area (Å²) < 4.78 is 16.1. The molecule has 0 fully saturated rings. The van der Waals surface area contributed by atoms with Gasteiger partial charge in [-0.25, -0.2) is 9.07 Å². The lowest BCUT2D eigenvalue weighted by Crippen LogP contribution is -2.10. The third-order valence-electron chi connectivity index (χ3n) is 3.78. The first kappa shape index (κ1) is 15.4. The van der Waals surface area contributed by atoms with E-state index in [-0.39, 0.29) is 11.7 Å². The number of halogens is 1. The molecule has 0 unspecified atom stereocenters. The van der Waals surface area contributed by atoms with Crippen molar-refractivity contribution >= 4 is 33.0 Å². The van der Waals surface area contributed by atoms with Gasteiger partial charge in [-0.3, -0.25) is 4.79 Å². The van der Waals surface area contributed by atoms with Crippen LogP contribution in [0.4, 0.5) is 10.1 Å². The summed E-state index contributed by atoms with van der Waals surface area (Å²) in [4.78, 5) is 12.9. The van der Waals surface area contributed by atoms with Crippen LogP contribution in [0.1, 0.15) is 15.2 Å². The van der Waals surface area contributed by atoms with Crippen molar-refractivity contribution in [2.45, 2.75) is 6.92 Å². The molecule has 0 saturated heterocycles. The minimum absolute atomic E-state index is 0.268. The Morgan fingerprint density at radius 1 is 1.24 bits per heavy atom. The van der Waals surface area contributed by atoms with Gasteiger partial charge in [0.05, 0.1) is 10.6 Å². The maximum absolute atomic E-state index is 13.8. The van der Waals surface area contributed by atoms with Crippen molar-refractivity contribution in [2.24, 2.45) is 0 Å². The van der Waals surface area contributed by atoms with Crippen molar-refractivity contribution in [3.8, 4) is 5.69 Å². The van der Waals surface area contributed by atoms with Crippen LogP contribution in [0.5, 0.6) is 0 Å². The lowest BCUT2D eigenvalue weighted by Gasteiger charge is -2.08. The standard InChI is InChI=1S/C17H12FN5OS/c1-10-7-11(5-6-14(10)23-9-19-21-22-23)20-17(24)16-8-12-13(18)3-2-4-15(12)25-16/h2-9H,1H3,(H,20,24). The van der Waals surface area contributed by atoms with E-state index >= 15 is 0 Å². The summed E-state index contributed by atoms with van der Waals surface area (Å²) in [5.41, 5.74) is 2.39. The van der Waals surface area contributed by atoms with Crippen molar-refractivity contribution < 1.29 is 9.18 Å². The number of carbonyl (C=O) groups excluding carboxylic acids is 1. The van der Waals surface area contributed by atoms with E-state index in [0.29, 0.717) is 16.0 Å². The first-order valence-corrected chi connectivity index (χ1v) is 8.27. The first-order valence-electron chi connectivity index (χ1n) is 7.45. The van der Waals surface area contributed by atoms with E-state index in [0.717, 1.165) is 16.0 Å². The van der Waals surface area contributed by atoms with Gasteiger partial charge in [0.1, 0.15) is 12.1 Å². The van der Waals surface area contributed by atoms with Crippen LogP contribution >= 0.6 is 11.3 Å². The topological polar surface area (TPSA) is 72.7 Å². The quantitative estimate of drug-likeness (QED) is 0.611. The van der Waals surface area contributed by atoms with Crippen molar-refractivity contribution in [1.29, 1.82) is 0 Å². The third-order valence-corrected chi connectivity index (χ3v) is 4.88.